The molecule has 1 amide bonds. The number of nitrogens with two attached hydrogens (primary N) is 1. The molecule has 1 heterocycles. The van der Waals surface area contributed by atoms with Crippen molar-refractivity contribution in [3.63, 3.8) is 0 Å². The number of benzene rings is 1. The summed E-state index contributed by atoms with van der Waals surface area (Å²) < 4.78 is 5.57. The number of rotatable bonds is 6. The number of carbonyl (C=O) groups excluding carboxylic acids is 1. The van der Waals surface area contributed by atoms with Gasteiger partial charge in [-0.3, -0.25) is 9.89 Å². The van der Waals surface area contributed by atoms with Crippen molar-refractivity contribution < 1.29 is 9.53 Å². The molecule has 20 heavy (non-hydrogen) atoms. The van der Waals surface area contributed by atoms with E-state index in [1.165, 1.54) is 11.8 Å². The minimum absolute atomic E-state index is 0.147. The van der Waals surface area contributed by atoms with Gasteiger partial charge >= 0.3 is 0 Å². The molecule has 3 N–H and O–H groups in total. The second kappa shape index (κ2) is 6.62. The van der Waals surface area contributed by atoms with Crippen LogP contribution in [0.2, 0.25) is 5.02 Å². The van der Waals surface area contributed by atoms with Crippen molar-refractivity contribution in [1.29, 1.82) is 0 Å². The molecule has 1 aromatic heterocycles. The Bertz CT molecular complexity index is 617. The number of nitrogens with one attached hydrogen (secondary N) is 1. The monoisotopic (exact) mass is 312 g/mol. The van der Waals surface area contributed by atoms with Crippen LogP contribution < -0.4 is 10.5 Å². The van der Waals surface area contributed by atoms with E-state index in [1.54, 1.807) is 12.1 Å². The van der Waals surface area contributed by atoms with Gasteiger partial charge in [-0.1, -0.05) is 23.4 Å². The first-order valence-electron chi connectivity index (χ1n) is 5.76. The molecular weight excluding hydrogens is 300 g/mol. The van der Waals surface area contributed by atoms with E-state index < -0.39 is 5.91 Å². The lowest BCUT2D eigenvalue weighted by Crippen LogP contribution is -2.13. The average Bonchev–Trinajstić information content (AvgIpc) is 2.86. The summed E-state index contributed by atoms with van der Waals surface area (Å²) in [7, 11) is 0. The molecule has 0 saturated carbocycles. The van der Waals surface area contributed by atoms with Crippen LogP contribution in [-0.4, -0.2) is 26.8 Å². The first-order valence-corrected chi connectivity index (χ1v) is 7.12. The second-order valence-electron chi connectivity index (χ2n) is 4.02. The molecule has 0 aliphatic rings. The third-order valence-electron chi connectivity index (χ3n) is 2.36. The Morgan fingerprint density at radius 2 is 2.35 bits per heavy atom. The summed E-state index contributed by atoms with van der Waals surface area (Å²) in [5.74, 6) is 1.02. The molecule has 0 spiro atoms. The number of carbonyl (C=O) groups is 1. The molecule has 0 atom stereocenters. The lowest BCUT2D eigenvalue weighted by atomic mass is 10.2. The minimum atomic E-state index is -0.408. The molecule has 2 aromatic rings. The molecule has 0 aliphatic carbocycles. The summed E-state index contributed by atoms with van der Waals surface area (Å²) in [6, 6.07) is 5.41. The lowest BCUT2D eigenvalue weighted by molar-refractivity contribution is -0.115. The minimum Gasteiger partial charge on any atom is -0.486 e. The van der Waals surface area contributed by atoms with Gasteiger partial charge in [-0.25, -0.2) is 4.98 Å². The normalized spacial score (nSPS) is 10.5. The molecule has 6 nitrogen and oxygen atoms in total. The first kappa shape index (κ1) is 14.7. The number of halogens is 1. The fraction of sp³-hybridized carbons (Fsp3) is 0.250. The van der Waals surface area contributed by atoms with Gasteiger partial charge in [0.15, 0.2) is 5.82 Å². The summed E-state index contributed by atoms with van der Waals surface area (Å²) in [6.07, 6.45) is 0. The zero-order chi connectivity index (χ0) is 14.5. The highest BCUT2D eigenvalue weighted by molar-refractivity contribution is 7.99. The number of hydrogen-bond acceptors (Lipinski definition) is 5. The third kappa shape index (κ3) is 4.14. The Balaban J connectivity index is 1.90. The largest absolute Gasteiger partial charge is 0.486 e. The maximum Gasteiger partial charge on any atom is 0.227 e. The molecule has 0 fully saturated rings. The Hall–Kier alpha value is -1.73. The van der Waals surface area contributed by atoms with Crippen molar-refractivity contribution in [2.75, 3.05) is 5.75 Å². The van der Waals surface area contributed by atoms with Crippen molar-refractivity contribution in [3.8, 4) is 5.75 Å². The molecule has 106 valence electrons. The van der Waals surface area contributed by atoms with E-state index in [9.17, 15) is 4.79 Å². The molecule has 8 heteroatoms. The Kier molecular flexibility index (Phi) is 4.86. The number of hydrogen-bond donors (Lipinski definition) is 2. The fourth-order valence-electron chi connectivity index (χ4n) is 1.40. The summed E-state index contributed by atoms with van der Waals surface area (Å²) in [6.45, 7) is 2.16. The molecule has 1 aromatic carbocycles. The van der Waals surface area contributed by atoms with Crippen molar-refractivity contribution in [3.05, 3.63) is 34.6 Å². The Morgan fingerprint density at radius 1 is 1.55 bits per heavy atom. The summed E-state index contributed by atoms with van der Waals surface area (Å²) in [5, 5.41) is 7.85. The van der Waals surface area contributed by atoms with Gasteiger partial charge in [0.25, 0.3) is 0 Å². The Morgan fingerprint density at radius 3 is 3.05 bits per heavy atom. The van der Waals surface area contributed by atoms with Gasteiger partial charge in [-0.2, -0.15) is 0 Å². The van der Waals surface area contributed by atoms with Crippen LogP contribution in [0.4, 0.5) is 0 Å². The third-order valence-corrected chi connectivity index (χ3v) is 3.65. The molecule has 2 rings (SSSR count). The van der Waals surface area contributed by atoms with Gasteiger partial charge in [-0.15, -0.1) is 5.10 Å². The second-order valence-corrected chi connectivity index (χ2v) is 5.37. The number of ether oxygens (including phenoxy) is 1. The molecular formula is C12H13ClN4O2S. The predicted molar refractivity (Wildman–Crippen MR) is 76.8 cm³/mol. The molecule has 0 saturated heterocycles. The van der Waals surface area contributed by atoms with Gasteiger partial charge in [0.05, 0.1) is 5.75 Å². The standard InChI is InChI=1S/C12H13ClN4O2S/c1-7-4-8(2-3-9(7)13)19-5-11-15-12(17-16-11)20-6-10(14)18/h2-4H,5-6H2,1H3,(H2,14,18)(H,15,16,17). The Labute approximate surface area is 125 Å². The highest BCUT2D eigenvalue weighted by Crippen LogP contribution is 2.21. The topological polar surface area (TPSA) is 93.9 Å². The zero-order valence-corrected chi connectivity index (χ0v) is 12.3. The van der Waals surface area contributed by atoms with Crippen molar-refractivity contribution in [2.45, 2.75) is 18.7 Å². The van der Waals surface area contributed by atoms with E-state index in [2.05, 4.69) is 15.2 Å². The van der Waals surface area contributed by atoms with Gasteiger partial charge in [0.1, 0.15) is 12.4 Å². The molecule has 0 radical (unpaired) electrons. The number of H-pyrrole nitrogens is 1. The van der Waals surface area contributed by atoms with Crippen molar-refractivity contribution in [2.24, 2.45) is 5.73 Å². The van der Waals surface area contributed by atoms with Crippen LogP contribution in [0, 0.1) is 6.92 Å². The first-order chi connectivity index (χ1) is 9.54. The molecule has 0 bridgehead atoms. The van der Waals surface area contributed by atoms with E-state index in [4.69, 9.17) is 22.1 Å². The summed E-state index contributed by atoms with van der Waals surface area (Å²) >= 11 is 7.11. The van der Waals surface area contributed by atoms with Crippen LogP contribution in [0.15, 0.2) is 23.4 Å². The number of thioether (sulfide) groups is 1. The smallest absolute Gasteiger partial charge is 0.227 e. The van der Waals surface area contributed by atoms with Crippen LogP contribution in [0.3, 0.4) is 0 Å². The zero-order valence-electron chi connectivity index (χ0n) is 10.7. The summed E-state index contributed by atoms with van der Waals surface area (Å²) in [5.41, 5.74) is 5.99. The number of aromatic amines is 1. The van der Waals surface area contributed by atoms with Crippen molar-refractivity contribution in [1.82, 2.24) is 15.2 Å². The average molecular weight is 313 g/mol. The van der Waals surface area contributed by atoms with Gasteiger partial charge in [0, 0.05) is 5.02 Å². The summed E-state index contributed by atoms with van der Waals surface area (Å²) in [4.78, 5) is 14.8. The van der Waals surface area contributed by atoms with E-state index in [1.807, 2.05) is 13.0 Å². The highest BCUT2D eigenvalue weighted by atomic mass is 35.5. The maximum atomic E-state index is 10.6. The number of aryl methyl sites for hydroxylation is 1. The van der Waals surface area contributed by atoms with Gasteiger partial charge < -0.3 is 10.5 Å². The number of amides is 1. The molecule has 0 unspecified atom stereocenters. The fourth-order valence-corrected chi connectivity index (χ4v) is 2.08. The van der Waals surface area contributed by atoms with Gasteiger partial charge in [0.2, 0.25) is 11.1 Å². The number of primary amides is 1. The van der Waals surface area contributed by atoms with Crippen LogP contribution >= 0.6 is 23.4 Å². The quantitative estimate of drug-likeness (QED) is 0.795. The van der Waals surface area contributed by atoms with E-state index >= 15 is 0 Å². The van der Waals surface area contributed by atoms with Crippen LogP contribution in [0.5, 0.6) is 5.75 Å². The SMILES string of the molecule is Cc1cc(OCc2nc(SCC(N)=O)n[nH]2)ccc1Cl. The van der Waals surface area contributed by atoms with E-state index in [0.29, 0.717) is 21.8 Å². The van der Waals surface area contributed by atoms with Gasteiger partial charge in [-0.05, 0) is 30.7 Å². The van der Waals surface area contributed by atoms with Crippen molar-refractivity contribution >= 4 is 29.3 Å². The lowest BCUT2D eigenvalue weighted by Gasteiger charge is -2.05. The number of aromatic nitrogens is 3. The number of nitrogens with zero attached hydrogens (tertiary/aromatic N) is 2. The van der Waals surface area contributed by atoms with Crippen LogP contribution in [0.1, 0.15) is 11.4 Å². The highest BCUT2D eigenvalue weighted by Gasteiger charge is 2.06. The van der Waals surface area contributed by atoms with Crippen LogP contribution in [-0.2, 0) is 11.4 Å². The van der Waals surface area contributed by atoms with Crippen LogP contribution in [0.25, 0.3) is 0 Å². The predicted octanol–water partition coefficient (Wildman–Crippen LogP) is 1.92. The van der Waals surface area contributed by atoms with E-state index in [-0.39, 0.29) is 12.4 Å². The maximum absolute atomic E-state index is 10.6. The molecule has 0 aliphatic heterocycles. The van der Waals surface area contributed by atoms with E-state index in [0.717, 1.165) is 5.56 Å².